The van der Waals surface area contributed by atoms with Crippen molar-refractivity contribution in [2.45, 2.75) is 36.1 Å². The average Bonchev–Trinajstić information content (AvgIpc) is 2.27. The highest BCUT2D eigenvalue weighted by atomic mass is 35.7. The van der Waals surface area contributed by atoms with Crippen LogP contribution in [0.3, 0.4) is 0 Å². The van der Waals surface area contributed by atoms with Gasteiger partial charge in [0.2, 0.25) is 10.0 Å². The van der Waals surface area contributed by atoms with Crippen LogP contribution in [-0.4, -0.2) is 22.9 Å². The van der Waals surface area contributed by atoms with Crippen LogP contribution in [-0.2, 0) is 19.1 Å². The van der Waals surface area contributed by atoms with Crippen LogP contribution in [0.5, 0.6) is 0 Å². The van der Waals surface area contributed by atoms with Crippen molar-refractivity contribution >= 4 is 29.8 Å². The summed E-state index contributed by atoms with van der Waals surface area (Å²) < 4.78 is 48.6. The van der Waals surface area contributed by atoms with Crippen LogP contribution < -0.4 is 4.72 Å². The molecule has 18 heavy (non-hydrogen) atoms. The number of sulfonamides is 1. The van der Waals surface area contributed by atoms with Crippen molar-refractivity contribution in [2.24, 2.45) is 0 Å². The highest BCUT2D eigenvalue weighted by Gasteiger charge is 2.19. The number of nitrogens with one attached hydrogen (secondary N) is 1. The molecule has 0 bridgehead atoms. The van der Waals surface area contributed by atoms with Crippen LogP contribution in [0.2, 0.25) is 0 Å². The zero-order valence-electron chi connectivity index (χ0n) is 9.92. The molecule has 0 radical (unpaired) electrons. The van der Waals surface area contributed by atoms with Gasteiger partial charge in [0, 0.05) is 16.7 Å². The van der Waals surface area contributed by atoms with E-state index in [-0.39, 0.29) is 15.8 Å². The van der Waals surface area contributed by atoms with Crippen molar-refractivity contribution in [1.82, 2.24) is 4.72 Å². The molecule has 0 heterocycles. The summed E-state index contributed by atoms with van der Waals surface area (Å²) in [4.78, 5) is -0.360. The lowest BCUT2D eigenvalue weighted by atomic mass is 10.3. The van der Waals surface area contributed by atoms with Gasteiger partial charge >= 0.3 is 0 Å². The minimum atomic E-state index is -3.94. The van der Waals surface area contributed by atoms with Gasteiger partial charge in [0.1, 0.15) is 0 Å². The molecule has 0 aromatic heterocycles. The van der Waals surface area contributed by atoms with E-state index in [1.807, 2.05) is 6.92 Å². The van der Waals surface area contributed by atoms with Crippen LogP contribution in [0.25, 0.3) is 0 Å². The zero-order valence-corrected chi connectivity index (χ0v) is 12.3. The van der Waals surface area contributed by atoms with E-state index in [1.54, 1.807) is 6.92 Å². The highest BCUT2D eigenvalue weighted by Crippen LogP contribution is 2.19. The van der Waals surface area contributed by atoms with Crippen LogP contribution in [0.15, 0.2) is 34.1 Å². The molecule has 0 amide bonds. The van der Waals surface area contributed by atoms with Crippen molar-refractivity contribution in [2.75, 3.05) is 0 Å². The normalized spacial score (nSPS) is 14.4. The maximum Gasteiger partial charge on any atom is 0.261 e. The monoisotopic (exact) mass is 311 g/mol. The van der Waals surface area contributed by atoms with E-state index in [2.05, 4.69) is 4.72 Å². The van der Waals surface area contributed by atoms with Crippen molar-refractivity contribution in [3.8, 4) is 0 Å². The molecule has 1 rings (SSSR count). The molecule has 0 spiro atoms. The summed E-state index contributed by atoms with van der Waals surface area (Å²) in [5.74, 6) is 0. The van der Waals surface area contributed by atoms with Gasteiger partial charge in [-0.15, -0.1) is 0 Å². The van der Waals surface area contributed by atoms with E-state index in [9.17, 15) is 16.8 Å². The smallest absolute Gasteiger partial charge is 0.208 e. The van der Waals surface area contributed by atoms with Gasteiger partial charge in [0.15, 0.2) is 0 Å². The van der Waals surface area contributed by atoms with E-state index < -0.39 is 19.1 Å². The average molecular weight is 312 g/mol. The Morgan fingerprint density at radius 3 is 2.28 bits per heavy atom. The Hall–Kier alpha value is -0.630. The fourth-order valence-electron chi connectivity index (χ4n) is 1.21. The van der Waals surface area contributed by atoms with Crippen molar-refractivity contribution in [3.05, 3.63) is 24.3 Å². The molecule has 0 aliphatic heterocycles. The Labute approximate surface area is 112 Å². The number of rotatable bonds is 5. The molecule has 0 saturated carbocycles. The summed E-state index contributed by atoms with van der Waals surface area (Å²) in [5.41, 5.74) is 0. The molecule has 1 unspecified atom stereocenters. The van der Waals surface area contributed by atoms with Gasteiger partial charge in [-0.25, -0.2) is 21.6 Å². The molecule has 0 fully saturated rings. The van der Waals surface area contributed by atoms with Crippen molar-refractivity contribution in [1.29, 1.82) is 0 Å². The molecule has 1 N–H and O–H groups in total. The lowest BCUT2D eigenvalue weighted by Crippen LogP contribution is -2.32. The Balaban J connectivity index is 3.19. The summed E-state index contributed by atoms with van der Waals surface area (Å²) in [6.45, 7) is 3.56. The van der Waals surface area contributed by atoms with Crippen LogP contribution >= 0.6 is 10.7 Å². The minimum Gasteiger partial charge on any atom is -0.208 e. The third kappa shape index (κ3) is 3.94. The van der Waals surface area contributed by atoms with Crippen molar-refractivity contribution < 1.29 is 16.8 Å². The van der Waals surface area contributed by atoms with Gasteiger partial charge in [0.05, 0.1) is 9.79 Å². The number of hydrogen-bond acceptors (Lipinski definition) is 4. The molecular weight excluding hydrogens is 298 g/mol. The SMILES string of the molecule is CCC(C)NS(=O)(=O)c1cccc(S(=O)(=O)Cl)c1. The third-order valence-electron chi connectivity index (χ3n) is 2.37. The first-order chi connectivity index (χ1) is 8.16. The minimum absolute atomic E-state index is 0.121. The lowest BCUT2D eigenvalue weighted by Gasteiger charge is -2.12. The summed E-state index contributed by atoms with van der Waals surface area (Å²) in [5, 5.41) is 0. The third-order valence-corrected chi connectivity index (χ3v) is 5.30. The Bertz CT molecular complexity index is 625. The Morgan fingerprint density at radius 1 is 1.22 bits per heavy atom. The summed E-state index contributed by atoms with van der Waals surface area (Å²) in [6.07, 6.45) is 0.632. The number of benzene rings is 1. The molecule has 0 aliphatic rings. The first-order valence-corrected chi connectivity index (χ1v) is 9.03. The fourth-order valence-corrected chi connectivity index (χ4v) is 3.45. The predicted molar refractivity (Wildman–Crippen MR) is 69.6 cm³/mol. The Kier molecular flexibility index (Phi) is 4.77. The van der Waals surface area contributed by atoms with Gasteiger partial charge in [-0.1, -0.05) is 13.0 Å². The first-order valence-electron chi connectivity index (χ1n) is 5.24. The largest absolute Gasteiger partial charge is 0.261 e. The lowest BCUT2D eigenvalue weighted by molar-refractivity contribution is 0.555. The first kappa shape index (κ1) is 15.4. The van der Waals surface area contributed by atoms with Gasteiger partial charge in [-0.05, 0) is 31.5 Å². The molecule has 8 heteroatoms. The zero-order chi connectivity index (χ0) is 14.0. The molecule has 5 nitrogen and oxygen atoms in total. The fraction of sp³-hybridized carbons (Fsp3) is 0.400. The maximum absolute atomic E-state index is 11.9. The van der Waals surface area contributed by atoms with Gasteiger partial charge in [-0.2, -0.15) is 0 Å². The summed E-state index contributed by atoms with van der Waals surface area (Å²) >= 11 is 0. The van der Waals surface area contributed by atoms with E-state index in [1.165, 1.54) is 18.2 Å². The molecule has 0 saturated heterocycles. The highest BCUT2D eigenvalue weighted by molar-refractivity contribution is 8.13. The van der Waals surface area contributed by atoms with Crippen LogP contribution in [0, 0.1) is 0 Å². The topological polar surface area (TPSA) is 80.3 Å². The van der Waals surface area contributed by atoms with Crippen LogP contribution in [0.1, 0.15) is 20.3 Å². The second kappa shape index (κ2) is 5.56. The van der Waals surface area contributed by atoms with Gasteiger partial charge in [-0.3, -0.25) is 0 Å². The number of hydrogen-bond donors (Lipinski definition) is 1. The van der Waals surface area contributed by atoms with E-state index >= 15 is 0 Å². The number of halogens is 1. The molecule has 1 atom stereocenters. The summed E-state index contributed by atoms with van der Waals surface area (Å²) in [6, 6.07) is 4.69. The molecule has 1 aromatic rings. The van der Waals surface area contributed by atoms with Gasteiger partial charge in [0.25, 0.3) is 9.05 Å². The predicted octanol–water partition coefficient (Wildman–Crippen LogP) is 1.69. The van der Waals surface area contributed by atoms with E-state index in [0.717, 1.165) is 6.07 Å². The standard InChI is InChI=1S/C10H14ClNO4S2/c1-3-8(2)12-18(15,16)10-6-4-5-9(7-10)17(11,13)14/h4-8,12H,3H2,1-2H3. The van der Waals surface area contributed by atoms with Crippen molar-refractivity contribution in [3.63, 3.8) is 0 Å². The molecular formula is C10H14ClNO4S2. The van der Waals surface area contributed by atoms with E-state index in [4.69, 9.17) is 10.7 Å². The molecule has 1 aromatic carbocycles. The maximum atomic E-state index is 11.9. The van der Waals surface area contributed by atoms with Gasteiger partial charge < -0.3 is 0 Å². The summed E-state index contributed by atoms with van der Waals surface area (Å²) in [7, 11) is -2.50. The second-order valence-corrected chi connectivity index (χ2v) is 8.12. The quantitative estimate of drug-likeness (QED) is 0.839. The van der Waals surface area contributed by atoms with Crippen LogP contribution in [0.4, 0.5) is 0 Å². The second-order valence-electron chi connectivity index (χ2n) is 3.84. The molecule has 102 valence electrons. The van der Waals surface area contributed by atoms with E-state index in [0.29, 0.717) is 6.42 Å². The molecule has 0 aliphatic carbocycles. The Morgan fingerprint density at radius 2 is 1.78 bits per heavy atom.